The number of aromatic nitrogens is 1. The minimum atomic E-state index is 0. The van der Waals surface area contributed by atoms with Crippen molar-refractivity contribution in [2.75, 3.05) is 38.1 Å². The molecular weight excluding hydrogens is 521 g/mol. The number of rotatable bonds is 8. The Balaban J connectivity index is 0.00000300. The van der Waals surface area contributed by atoms with Gasteiger partial charge in [0.2, 0.25) is 0 Å². The van der Waals surface area contributed by atoms with Crippen LogP contribution in [-0.4, -0.2) is 50.3 Å². The number of hydrogen-bond donors (Lipinski definition) is 2. The second kappa shape index (κ2) is 12.4. The van der Waals surface area contributed by atoms with Gasteiger partial charge in [0, 0.05) is 43.5 Å². The van der Waals surface area contributed by atoms with E-state index in [4.69, 9.17) is 21.3 Å². The summed E-state index contributed by atoms with van der Waals surface area (Å²) in [7, 11) is 1.77. The molecule has 1 atom stereocenters. The summed E-state index contributed by atoms with van der Waals surface area (Å²) in [4.78, 5) is 11.4. The third-order valence-electron chi connectivity index (χ3n) is 4.52. The second-order valence-corrected chi connectivity index (χ2v) is 8.10. The van der Waals surface area contributed by atoms with Crippen molar-refractivity contribution in [3.05, 3.63) is 40.4 Å². The van der Waals surface area contributed by atoms with Gasteiger partial charge in [0.1, 0.15) is 11.9 Å². The van der Waals surface area contributed by atoms with E-state index < -0.39 is 0 Å². The largest absolute Gasteiger partial charge is 0.489 e. The molecule has 1 fully saturated rings. The second-order valence-electron chi connectivity index (χ2n) is 6.83. The van der Waals surface area contributed by atoms with Gasteiger partial charge >= 0.3 is 0 Å². The maximum atomic E-state index is 5.90. The van der Waals surface area contributed by atoms with E-state index in [1.54, 1.807) is 18.4 Å². The van der Waals surface area contributed by atoms with E-state index in [2.05, 4.69) is 25.9 Å². The molecule has 0 bridgehead atoms. The summed E-state index contributed by atoms with van der Waals surface area (Å²) in [6, 6.07) is 7.39. The van der Waals surface area contributed by atoms with Gasteiger partial charge in [0.15, 0.2) is 11.1 Å². The zero-order valence-corrected chi connectivity index (χ0v) is 20.8. The zero-order valence-electron chi connectivity index (χ0n) is 16.9. The molecular formula is C20H29ClIN5OS. The predicted molar refractivity (Wildman–Crippen MR) is 134 cm³/mol. The van der Waals surface area contributed by atoms with Crippen LogP contribution in [0.15, 0.2) is 34.6 Å². The van der Waals surface area contributed by atoms with Crippen molar-refractivity contribution in [2.45, 2.75) is 32.3 Å². The van der Waals surface area contributed by atoms with E-state index in [0.717, 1.165) is 48.6 Å². The van der Waals surface area contributed by atoms with Gasteiger partial charge in [-0.05, 0) is 44.0 Å². The fraction of sp³-hybridized carbons (Fsp3) is 0.500. The lowest BCUT2D eigenvalue weighted by molar-refractivity contribution is 0.224. The lowest BCUT2D eigenvalue weighted by Crippen LogP contribution is -2.42. The van der Waals surface area contributed by atoms with E-state index in [0.29, 0.717) is 11.6 Å². The van der Waals surface area contributed by atoms with Crippen LogP contribution in [0.4, 0.5) is 5.13 Å². The first kappa shape index (κ1) is 24.0. The van der Waals surface area contributed by atoms with Crippen LogP contribution in [0.3, 0.4) is 0 Å². The van der Waals surface area contributed by atoms with Crippen LogP contribution in [0.25, 0.3) is 0 Å². The molecule has 1 unspecified atom stereocenters. The van der Waals surface area contributed by atoms with Crippen LogP contribution in [0.2, 0.25) is 5.02 Å². The van der Waals surface area contributed by atoms with E-state index in [-0.39, 0.29) is 30.1 Å². The van der Waals surface area contributed by atoms with Crippen molar-refractivity contribution in [2.24, 2.45) is 4.99 Å². The van der Waals surface area contributed by atoms with Gasteiger partial charge in [-0.1, -0.05) is 11.6 Å². The molecule has 9 heteroatoms. The number of nitrogens with one attached hydrogen (secondary N) is 2. The number of guanidine groups is 1. The number of ether oxygens (including phenoxy) is 1. The Morgan fingerprint density at radius 3 is 2.69 bits per heavy atom. The first-order valence-electron chi connectivity index (χ1n) is 9.70. The smallest absolute Gasteiger partial charge is 0.191 e. The average Bonchev–Trinajstić information content (AvgIpc) is 3.38. The molecule has 2 heterocycles. The van der Waals surface area contributed by atoms with Crippen LogP contribution in [0.5, 0.6) is 5.75 Å². The molecule has 29 heavy (non-hydrogen) atoms. The molecule has 0 spiro atoms. The number of hydrogen-bond acceptors (Lipinski definition) is 5. The first-order valence-corrected chi connectivity index (χ1v) is 11.0. The molecule has 0 amide bonds. The highest BCUT2D eigenvalue weighted by Gasteiger charge is 2.15. The fourth-order valence-electron chi connectivity index (χ4n) is 3.02. The third-order valence-corrected chi connectivity index (χ3v) is 5.72. The SMILES string of the molecule is CN=C(NCCc1csc(N2CCCC2)n1)NCC(C)Oc1ccc(Cl)cc1.I. The molecule has 1 aromatic heterocycles. The van der Waals surface area contributed by atoms with E-state index in [1.807, 2.05) is 31.2 Å². The Morgan fingerprint density at radius 1 is 1.28 bits per heavy atom. The lowest BCUT2D eigenvalue weighted by atomic mass is 10.3. The minimum absolute atomic E-state index is 0. The van der Waals surface area contributed by atoms with Gasteiger partial charge in [-0.15, -0.1) is 35.3 Å². The van der Waals surface area contributed by atoms with Gasteiger partial charge < -0.3 is 20.3 Å². The first-order chi connectivity index (χ1) is 13.6. The van der Waals surface area contributed by atoms with E-state index >= 15 is 0 Å². The van der Waals surface area contributed by atoms with Gasteiger partial charge in [-0.2, -0.15) is 0 Å². The Labute approximate surface area is 199 Å². The van der Waals surface area contributed by atoms with Gasteiger partial charge in [-0.25, -0.2) is 4.98 Å². The molecule has 1 saturated heterocycles. The molecule has 2 N–H and O–H groups in total. The van der Waals surface area contributed by atoms with Crippen molar-refractivity contribution < 1.29 is 4.74 Å². The summed E-state index contributed by atoms with van der Waals surface area (Å²) in [5, 5.41) is 10.7. The number of benzene rings is 1. The Kier molecular flexibility index (Phi) is 10.3. The van der Waals surface area contributed by atoms with Crippen molar-refractivity contribution in [1.82, 2.24) is 15.6 Å². The highest BCUT2D eigenvalue weighted by atomic mass is 127. The molecule has 2 aromatic rings. The highest BCUT2D eigenvalue weighted by Crippen LogP contribution is 2.24. The summed E-state index contributed by atoms with van der Waals surface area (Å²) in [5.74, 6) is 1.57. The summed E-state index contributed by atoms with van der Waals surface area (Å²) in [6.07, 6.45) is 3.43. The van der Waals surface area contributed by atoms with Gasteiger partial charge in [0.05, 0.1) is 12.2 Å². The number of aliphatic imine (C=N–C) groups is 1. The maximum absolute atomic E-state index is 5.90. The molecule has 160 valence electrons. The molecule has 0 saturated carbocycles. The highest BCUT2D eigenvalue weighted by molar-refractivity contribution is 14.0. The monoisotopic (exact) mass is 549 g/mol. The summed E-state index contributed by atoms with van der Waals surface area (Å²) in [6.45, 7) is 5.73. The maximum Gasteiger partial charge on any atom is 0.191 e. The third kappa shape index (κ3) is 7.82. The van der Waals surface area contributed by atoms with Gasteiger partial charge in [0.25, 0.3) is 0 Å². The van der Waals surface area contributed by atoms with Crippen molar-refractivity contribution in [1.29, 1.82) is 0 Å². The normalized spacial score (nSPS) is 15.0. The number of nitrogens with zero attached hydrogens (tertiary/aromatic N) is 3. The Morgan fingerprint density at radius 2 is 2.00 bits per heavy atom. The van der Waals surface area contributed by atoms with Crippen LogP contribution in [-0.2, 0) is 6.42 Å². The van der Waals surface area contributed by atoms with Crippen LogP contribution in [0.1, 0.15) is 25.5 Å². The van der Waals surface area contributed by atoms with E-state index in [9.17, 15) is 0 Å². The number of thiazole rings is 1. The van der Waals surface area contributed by atoms with E-state index in [1.165, 1.54) is 12.8 Å². The molecule has 0 radical (unpaired) electrons. The Hall–Kier alpha value is -1.26. The van der Waals surface area contributed by atoms with Crippen molar-refractivity contribution in [3.63, 3.8) is 0 Å². The average molecular weight is 550 g/mol. The molecule has 1 aliphatic heterocycles. The summed E-state index contributed by atoms with van der Waals surface area (Å²) >= 11 is 7.64. The molecule has 0 aliphatic carbocycles. The predicted octanol–water partition coefficient (Wildman–Crippen LogP) is 4.19. The van der Waals surface area contributed by atoms with Crippen molar-refractivity contribution in [3.8, 4) is 5.75 Å². The van der Waals surface area contributed by atoms with Crippen LogP contribution >= 0.6 is 46.9 Å². The lowest BCUT2D eigenvalue weighted by Gasteiger charge is -2.17. The quantitative estimate of drug-likeness (QED) is 0.294. The zero-order chi connectivity index (χ0) is 19.8. The standard InChI is InChI=1S/C20H28ClN5OS.HI/c1-15(27-18-7-5-16(21)6-8-18)13-24-19(22-2)23-10-9-17-14-28-20(25-17)26-11-3-4-12-26;/h5-8,14-15H,3-4,9-13H2,1-2H3,(H2,22,23,24);1H. The number of halogens is 2. The van der Waals surface area contributed by atoms with Crippen LogP contribution in [0, 0.1) is 0 Å². The molecule has 6 nitrogen and oxygen atoms in total. The molecule has 1 aromatic carbocycles. The van der Waals surface area contributed by atoms with Crippen molar-refractivity contribution >= 4 is 58.0 Å². The Bertz CT molecular complexity index is 764. The summed E-state index contributed by atoms with van der Waals surface area (Å²) < 4.78 is 5.87. The molecule has 3 rings (SSSR count). The van der Waals surface area contributed by atoms with Gasteiger partial charge in [-0.3, -0.25) is 4.99 Å². The number of anilines is 1. The van der Waals surface area contributed by atoms with Crippen LogP contribution < -0.4 is 20.3 Å². The molecule has 1 aliphatic rings. The fourth-order valence-corrected chi connectivity index (χ4v) is 4.06. The minimum Gasteiger partial charge on any atom is -0.489 e. The summed E-state index contributed by atoms with van der Waals surface area (Å²) in [5.41, 5.74) is 1.13. The topological polar surface area (TPSA) is 61.8 Å².